The number of rotatable bonds is 7. The Morgan fingerprint density at radius 3 is 2.69 bits per heavy atom. The summed E-state index contributed by atoms with van der Waals surface area (Å²) in [7, 11) is 0. The summed E-state index contributed by atoms with van der Waals surface area (Å²) in [6, 6.07) is 4.43. The standard InChI is InChI=1S/C19H31FN4O.HI/c1-4-21-19(22-12-15-7-8-18(25)17(20)11-15)24-10-9-16(14-24)13-23(5-2)6-3;/h7-8,11,16,25H,4-6,9-10,12-14H2,1-3H3,(H,21,22);1H. The number of phenols is 1. The number of likely N-dealkylation sites (tertiary alicyclic amines) is 1. The van der Waals surface area contributed by atoms with Gasteiger partial charge in [0.15, 0.2) is 17.5 Å². The van der Waals surface area contributed by atoms with Crippen LogP contribution in [0.5, 0.6) is 5.75 Å². The molecule has 0 aromatic heterocycles. The lowest BCUT2D eigenvalue weighted by Gasteiger charge is -2.24. The van der Waals surface area contributed by atoms with Crippen LogP contribution in [0.25, 0.3) is 0 Å². The summed E-state index contributed by atoms with van der Waals surface area (Å²) in [4.78, 5) is 9.43. The van der Waals surface area contributed by atoms with Crippen LogP contribution in [0.4, 0.5) is 4.39 Å². The van der Waals surface area contributed by atoms with Crippen molar-refractivity contribution in [2.45, 2.75) is 33.7 Å². The second kappa shape index (κ2) is 11.6. The molecule has 1 unspecified atom stereocenters. The van der Waals surface area contributed by atoms with Crippen LogP contribution in [0.3, 0.4) is 0 Å². The number of guanidine groups is 1. The fraction of sp³-hybridized carbons (Fsp3) is 0.632. The first-order valence-electron chi connectivity index (χ1n) is 9.30. The molecule has 0 bridgehead atoms. The van der Waals surface area contributed by atoms with Gasteiger partial charge in [-0.3, -0.25) is 0 Å². The third kappa shape index (κ3) is 6.57. The van der Waals surface area contributed by atoms with Crippen molar-refractivity contribution in [1.29, 1.82) is 0 Å². The van der Waals surface area contributed by atoms with Crippen molar-refractivity contribution in [3.05, 3.63) is 29.6 Å². The average molecular weight is 478 g/mol. The molecule has 0 radical (unpaired) electrons. The second-order valence-corrected chi connectivity index (χ2v) is 6.54. The first kappa shape index (κ1) is 23.0. The Bertz CT molecular complexity index is 581. The predicted molar refractivity (Wildman–Crippen MR) is 116 cm³/mol. The minimum atomic E-state index is -0.599. The van der Waals surface area contributed by atoms with Crippen molar-refractivity contribution in [3.63, 3.8) is 0 Å². The maximum absolute atomic E-state index is 13.5. The Hall–Kier alpha value is -1.09. The average Bonchev–Trinajstić information content (AvgIpc) is 3.07. The van der Waals surface area contributed by atoms with Crippen molar-refractivity contribution >= 4 is 29.9 Å². The highest BCUT2D eigenvalue weighted by Crippen LogP contribution is 2.19. The van der Waals surface area contributed by atoms with Gasteiger partial charge in [-0.1, -0.05) is 19.9 Å². The highest BCUT2D eigenvalue weighted by molar-refractivity contribution is 14.0. The van der Waals surface area contributed by atoms with Gasteiger partial charge in [-0.15, -0.1) is 24.0 Å². The maximum atomic E-state index is 13.5. The summed E-state index contributed by atoms with van der Waals surface area (Å²) in [5.41, 5.74) is 0.754. The van der Waals surface area contributed by atoms with Crippen LogP contribution in [-0.2, 0) is 6.54 Å². The molecular weight excluding hydrogens is 446 g/mol. The van der Waals surface area contributed by atoms with E-state index in [0.717, 1.165) is 50.8 Å². The molecule has 0 aliphatic carbocycles. The van der Waals surface area contributed by atoms with E-state index < -0.39 is 5.82 Å². The van der Waals surface area contributed by atoms with Crippen molar-refractivity contribution < 1.29 is 9.50 Å². The lowest BCUT2D eigenvalue weighted by atomic mass is 10.1. The molecule has 0 spiro atoms. The number of benzene rings is 1. The predicted octanol–water partition coefficient (Wildman–Crippen LogP) is 3.28. The Balaban J connectivity index is 0.00000338. The van der Waals surface area contributed by atoms with Gasteiger partial charge in [0.1, 0.15) is 0 Å². The van der Waals surface area contributed by atoms with Crippen LogP contribution in [0, 0.1) is 11.7 Å². The maximum Gasteiger partial charge on any atom is 0.194 e. The number of hydrogen-bond donors (Lipinski definition) is 2. The van der Waals surface area contributed by atoms with E-state index in [9.17, 15) is 9.50 Å². The second-order valence-electron chi connectivity index (χ2n) is 6.54. The Labute approximate surface area is 173 Å². The Kier molecular flexibility index (Phi) is 10.2. The zero-order chi connectivity index (χ0) is 18.2. The molecule has 1 heterocycles. The van der Waals surface area contributed by atoms with Gasteiger partial charge in [0.2, 0.25) is 0 Å². The molecule has 0 amide bonds. The fourth-order valence-electron chi connectivity index (χ4n) is 3.26. The van der Waals surface area contributed by atoms with Gasteiger partial charge in [-0.25, -0.2) is 9.38 Å². The van der Waals surface area contributed by atoms with E-state index in [4.69, 9.17) is 0 Å². The largest absolute Gasteiger partial charge is 0.505 e. The van der Waals surface area contributed by atoms with Crippen LogP contribution in [0.1, 0.15) is 32.8 Å². The van der Waals surface area contributed by atoms with Gasteiger partial charge in [0.05, 0.1) is 6.54 Å². The van der Waals surface area contributed by atoms with Crippen molar-refractivity contribution in [2.75, 3.05) is 39.3 Å². The molecule has 1 aromatic carbocycles. The van der Waals surface area contributed by atoms with Gasteiger partial charge in [-0.05, 0) is 50.0 Å². The van der Waals surface area contributed by atoms with Gasteiger partial charge < -0.3 is 20.2 Å². The summed E-state index contributed by atoms with van der Waals surface area (Å²) in [5, 5.41) is 12.6. The number of nitrogens with zero attached hydrogens (tertiary/aromatic N) is 3. The van der Waals surface area contributed by atoms with Crippen molar-refractivity contribution in [3.8, 4) is 5.75 Å². The molecule has 1 aliphatic heterocycles. The van der Waals surface area contributed by atoms with E-state index in [1.54, 1.807) is 6.07 Å². The number of halogens is 2. The minimum Gasteiger partial charge on any atom is -0.505 e. The van der Waals surface area contributed by atoms with E-state index in [1.807, 2.05) is 0 Å². The fourth-order valence-corrected chi connectivity index (χ4v) is 3.26. The van der Waals surface area contributed by atoms with Crippen LogP contribution in [0.2, 0.25) is 0 Å². The van der Waals surface area contributed by atoms with Crippen LogP contribution in [0.15, 0.2) is 23.2 Å². The molecular formula is C19H32FIN4O. The third-order valence-corrected chi connectivity index (χ3v) is 4.75. The lowest BCUT2D eigenvalue weighted by Crippen LogP contribution is -2.40. The number of nitrogens with one attached hydrogen (secondary N) is 1. The molecule has 0 saturated carbocycles. The first-order valence-corrected chi connectivity index (χ1v) is 9.30. The van der Waals surface area contributed by atoms with Crippen LogP contribution < -0.4 is 5.32 Å². The molecule has 148 valence electrons. The molecule has 1 aliphatic rings. The summed E-state index contributed by atoms with van der Waals surface area (Å²) in [6.45, 7) is 13.0. The van der Waals surface area contributed by atoms with E-state index in [0.29, 0.717) is 12.5 Å². The quantitative estimate of drug-likeness (QED) is 0.359. The van der Waals surface area contributed by atoms with Gasteiger partial charge >= 0.3 is 0 Å². The normalized spacial score (nSPS) is 17.5. The number of phenolic OH excluding ortho intramolecular Hbond substituents is 1. The first-order chi connectivity index (χ1) is 12.1. The Morgan fingerprint density at radius 1 is 1.35 bits per heavy atom. The lowest BCUT2D eigenvalue weighted by molar-refractivity contribution is 0.255. The highest BCUT2D eigenvalue weighted by atomic mass is 127. The molecule has 26 heavy (non-hydrogen) atoms. The molecule has 1 atom stereocenters. The third-order valence-electron chi connectivity index (χ3n) is 4.75. The SMILES string of the molecule is CCNC(=NCc1ccc(O)c(F)c1)N1CCC(CN(CC)CC)C1.I. The Morgan fingerprint density at radius 2 is 2.08 bits per heavy atom. The monoisotopic (exact) mass is 478 g/mol. The number of aromatic hydroxyl groups is 1. The molecule has 1 saturated heterocycles. The van der Waals surface area contributed by atoms with Gasteiger partial charge in [0.25, 0.3) is 0 Å². The van der Waals surface area contributed by atoms with E-state index in [1.165, 1.54) is 18.6 Å². The van der Waals surface area contributed by atoms with Gasteiger partial charge in [0, 0.05) is 26.2 Å². The molecule has 2 rings (SSSR count). The van der Waals surface area contributed by atoms with Crippen LogP contribution in [-0.4, -0.2) is 60.1 Å². The highest BCUT2D eigenvalue weighted by Gasteiger charge is 2.25. The summed E-state index contributed by atoms with van der Waals surface area (Å²) < 4.78 is 13.5. The zero-order valence-electron chi connectivity index (χ0n) is 16.0. The summed E-state index contributed by atoms with van der Waals surface area (Å²) in [5.74, 6) is 0.629. The van der Waals surface area contributed by atoms with Crippen molar-refractivity contribution in [1.82, 2.24) is 15.1 Å². The molecule has 5 nitrogen and oxygen atoms in total. The number of hydrogen-bond acceptors (Lipinski definition) is 3. The van der Waals surface area contributed by atoms with Gasteiger partial charge in [-0.2, -0.15) is 0 Å². The molecule has 1 fully saturated rings. The van der Waals surface area contributed by atoms with E-state index >= 15 is 0 Å². The van der Waals surface area contributed by atoms with Crippen molar-refractivity contribution in [2.24, 2.45) is 10.9 Å². The minimum absolute atomic E-state index is 0. The summed E-state index contributed by atoms with van der Waals surface area (Å²) in [6.07, 6.45) is 1.18. The van der Waals surface area contributed by atoms with Crippen LogP contribution >= 0.6 is 24.0 Å². The molecule has 1 aromatic rings. The zero-order valence-corrected chi connectivity index (χ0v) is 18.4. The topological polar surface area (TPSA) is 51.1 Å². The van der Waals surface area contributed by atoms with E-state index in [-0.39, 0.29) is 29.7 Å². The van der Waals surface area contributed by atoms with E-state index in [2.05, 4.69) is 40.9 Å². The number of aliphatic imine (C=N–C) groups is 1. The smallest absolute Gasteiger partial charge is 0.194 e. The summed E-state index contributed by atoms with van der Waals surface area (Å²) >= 11 is 0. The molecule has 7 heteroatoms. The molecule has 2 N–H and O–H groups in total.